The molecule has 0 spiro atoms. The van der Waals surface area contributed by atoms with Crippen molar-refractivity contribution in [3.8, 4) is 11.5 Å². The maximum atomic E-state index is 12.4. The summed E-state index contributed by atoms with van der Waals surface area (Å²) in [7, 11) is 4.77. The third kappa shape index (κ3) is 4.92. The van der Waals surface area contributed by atoms with Crippen LogP contribution >= 0.6 is 0 Å². The van der Waals surface area contributed by atoms with E-state index in [1.54, 1.807) is 39.7 Å². The molecule has 0 radical (unpaired) electrons. The van der Waals surface area contributed by atoms with Crippen molar-refractivity contribution in [3.63, 3.8) is 0 Å². The van der Waals surface area contributed by atoms with Crippen LogP contribution in [0.3, 0.4) is 0 Å². The fourth-order valence-corrected chi connectivity index (χ4v) is 3.13. The number of likely N-dealkylation sites (N-methyl/N-ethyl adjacent to an activating group) is 1. The number of aryl methyl sites for hydroxylation is 1. The molecule has 158 valence electrons. The van der Waals surface area contributed by atoms with Gasteiger partial charge in [-0.1, -0.05) is 18.2 Å². The number of fused-ring (bicyclic) bond motifs is 1. The minimum atomic E-state index is -0.480. The maximum absolute atomic E-state index is 12.4. The summed E-state index contributed by atoms with van der Waals surface area (Å²) < 4.78 is 21.2. The van der Waals surface area contributed by atoms with Crippen molar-refractivity contribution < 1.29 is 28.2 Å². The molecule has 30 heavy (non-hydrogen) atoms. The highest BCUT2D eigenvalue weighted by Crippen LogP contribution is 2.28. The van der Waals surface area contributed by atoms with Gasteiger partial charge in [0, 0.05) is 24.5 Å². The van der Waals surface area contributed by atoms with Crippen LogP contribution in [0.25, 0.3) is 11.0 Å². The first-order valence-electron chi connectivity index (χ1n) is 9.48. The maximum Gasteiger partial charge on any atom is 0.310 e. The monoisotopic (exact) mass is 411 g/mol. The average Bonchev–Trinajstić information content (AvgIpc) is 3.13. The molecule has 0 aliphatic carbocycles. The molecule has 3 aromatic rings. The number of hydrogen-bond acceptors (Lipinski definition) is 6. The Morgan fingerprint density at radius 2 is 1.80 bits per heavy atom. The molecule has 0 saturated carbocycles. The molecule has 0 bridgehead atoms. The number of esters is 1. The number of ether oxygens (including phenoxy) is 3. The van der Waals surface area contributed by atoms with Gasteiger partial charge in [0.05, 0.1) is 26.9 Å². The van der Waals surface area contributed by atoms with Crippen molar-refractivity contribution in [2.75, 3.05) is 27.9 Å². The van der Waals surface area contributed by atoms with Crippen LogP contribution in [0, 0.1) is 6.92 Å². The Morgan fingerprint density at radius 1 is 1.03 bits per heavy atom. The fourth-order valence-electron chi connectivity index (χ4n) is 3.13. The summed E-state index contributed by atoms with van der Waals surface area (Å²) in [6.07, 6.45) is 1.60. The standard InChI is InChI=1S/C23H25NO6/c1-15-5-7-18-17(13-29-20(18)9-15)11-23(26)30-14-22(25)24(2)12-16-6-8-19(27-3)21(10-16)28-4/h5-10,13H,11-12,14H2,1-4H3. The van der Waals surface area contributed by atoms with Gasteiger partial charge in [0.2, 0.25) is 0 Å². The highest BCUT2D eigenvalue weighted by molar-refractivity contribution is 5.87. The van der Waals surface area contributed by atoms with Crippen molar-refractivity contribution >= 4 is 22.8 Å². The normalized spacial score (nSPS) is 10.7. The zero-order chi connectivity index (χ0) is 21.7. The van der Waals surface area contributed by atoms with Crippen LogP contribution in [0.1, 0.15) is 16.7 Å². The first kappa shape index (κ1) is 21.2. The van der Waals surface area contributed by atoms with Gasteiger partial charge in [-0.15, -0.1) is 0 Å². The van der Waals surface area contributed by atoms with Gasteiger partial charge in [0.25, 0.3) is 5.91 Å². The van der Waals surface area contributed by atoms with Gasteiger partial charge >= 0.3 is 5.97 Å². The highest BCUT2D eigenvalue weighted by Gasteiger charge is 2.16. The van der Waals surface area contributed by atoms with Gasteiger partial charge in [-0.05, 0) is 36.2 Å². The summed E-state index contributed by atoms with van der Waals surface area (Å²) in [5, 5.41) is 0.870. The van der Waals surface area contributed by atoms with Gasteiger partial charge in [-0.2, -0.15) is 0 Å². The summed E-state index contributed by atoms with van der Waals surface area (Å²) >= 11 is 0. The lowest BCUT2D eigenvalue weighted by atomic mass is 10.1. The van der Waals surface area contributed by atoms with Gasteiger partial charge in [0.1, 0.15) is 5.58 Å². The predicted octanol–water partition coefficient (Wildman–Crippen LogP) is 3.50. The zero-order valence-electron chi connectivity index (χ0n) is 17.6. The third-order valence-electron chi connectivity index (χ3n) is 4.80. The first-order chi connectivity index (χ1) is 14.4. The molecule has 7 heteroatoms. The molecule has 0 atom stereocenters. The molecule has 1 aromatic heterocycles. The number of nitrogens with zero attached hydrogens (tertiary/aromatic N) is 1. The fraction of sp³-hybridized carbons (Fsp3) is 0.304. The van der Waals surface area contributed by atoms with Gasteiger partial charge in [-0.25, -0.2) is 0 Å². The molecule has 0 N–H and O–H groups in total. The molecule has 1 heterocycles. The largest absolute Gasteiger partial charge is 0.493 e. The molecule has 0 fully saturated rings. The van der Waals surface area contributed by atoms with Crippen LogP contribution in [-0.2, 0) is 27.3 Å². The minimum absolute atomic E-state index is 0.0444. The second-order valence-corrected chi connectivity index (χ2v) is 7.04. The van der Waals surface area contributed by atoms with E-state index in [2.05, 4.69) is 0 Å². The summed E-state index contributed by atoms with van der Waals surface area (Å²) in [4.78, 5) is 26.0. The van der Waals surface area contributed by atoms with E-state index < -0.39 is 5.97 Å². The van der Waals surface area contributed by atoms with Crippen LogP contribution < -0.4 is 9.47 Å². The molecule has 0 saturated heterocycles. The van der Waals surface area contributed by atoms with E-state index in [4.69, 9.17) is 18.6 Å². The van der Waals surface area contributed by atoms with Crippen LogP contribution in [0.2, 0.25) is 0 Å². The van der Waals surface area contributed by atoms with E-state index in [1.165, 1.54) is 4.90 Å². The molecule has 1 amide bonds. The number of carbonyl (C=O) groups is 2. The summed E-state index contributed by atoms with van der Waals surface area (Å²) in [5.74, 6) is 0.424. The van der Waals surface area contributed by atoms with Crippen molar-refractivity contribution in [1.82, 2.24) is 4.90 Å². The van der Waals surface area contributed by atoms with E-state index >= 15 is 0 Å². The Morgan fingerprint density at radius 3 is 2.53 bits per heavy atom. The van der Waals surface area contributed by atoms with Crippen LogP contribution in [0.4, 0.5) is 0 Å². The smallest absolute Gasteiger partial charge is 0.310 e. The molecule has 7 nitrogen and oxygen atoms in total. The van der Waals surface area contributed by atoms with E-state index in [0.29, 0.717) is 18.0 Å². The Hall–Kier alpha value is -3.48. The number of benzene rings is 2. The van der Waals surface area contributed by atoms with Crippen molar-refractivity contribution in [2.24, 2.45) is 0 Å². The topological polar surface area (TPSA) is 78.2 Å². The molecule has 0 aliphatic rings. The van der Waals surface area contributed by atoms with Gasteiger partial charge in [0.15, 0.2) is 18.1 Å². The first-order valence-corrected chi connectivity index (χ1v) is 9.48. The average molecular weight is 411 g/mol. The molecule has 0 aliphatic heterocycles. The Bertz CT molecular complexity index is 1060. The molecular weight excluding hydrogens is 386 g/mol. The molecular formula is C23H25NO6. The Balaban J connectivity index is 1.53. The number of methoxy groups -OCH3 is 2. The number of hydrogen-bond donors (Lipinski definition) is 0. The second kappa shape index (κ2) is 9.35. The van der Waals surface area contributed by atoms with Gasteiger partial charge in [-0.3, -0.25) is 9.59 Å². The molecule has 0 unspecified atom stereocenters. The van der Waals surface area contributed by atoms with Crippen LogP contribution in [0.15, 0.2) is 47.1 Å². The molecule has 3 rings (SSSR count). The summed E-state index contributed by atoms with van der Waals surface area (Å²) in [5.41, 5.74) is 3.41. The minimum Gasteiger partial charge on any atom is -0.493 e. The summed E-state index contributed by atoms with van der Waals surface area (Å²) in [6.45, 7) is 2.00. The number of carbonyl (C=O) groups excluding carboxylic acids is 2. The number of furan rings is 1. The zero-order valence-corrected chi connectivity index (χ0v) is 17.6. The SMILES string of the molecule is COc1ccc(CN(C)C(=O)COC(=O)Cc2coc3cc(C)ccc23)cc1OC. The lowest BCUT2D eigenvalue weighted by Gasteiger charge is -2.18. The third-order valence-corrected chi connectivity index (χ3v) is 4.80. The lowest BCUT2D eigenvalue weighted by Crippen LogP contribution is -2.31. The van der Waals surface area contributed by atoms with Crippen molar-refractivity contribution in [3.05, 3.63) is 59.4 Å². The van der Waals surface area contributed by atoms with Crippen LogP contribution in [-0.4, -0.2) is 44.7 Å². The Labute approximate surface area is 175 Å². The van der Waals surface area contributed by atoms with E-state index in [-0.39, 0.29) is 18.9 Å². The Kier molecular flexibility index (Phi) is 6.61. The van der Waals surface area contributed by atoms with E-state index in [1.807, 2.05) is 31.2 Å². The highest BCUT2D eigenvalue weighted by atomic mass is 16.5. The number of amides is 1. The number of rotatable bonds is 8. The van der Waals surface area contributed by atoms with Crippen molar-refractivity contribution in [2.45, 2.75) is 19.9 Å². The van der Waals surface area contributed by atoms with Crippen LogP contribution in [0.5, 0.6) is 11.5 Å². The van der Waals surface area contributed by atoms with Crippen molar-refractivity contribution in [1.29, 1.82) is 0 Å². The molecule has 2 aromatic carbocycles. The van der Waals surface area contributed by atoms with E-state index in [0.717, 1.165) is 27.7 Å². The summed E-state index contributed by atoms with van der Waals surface area (Å²) in [6, 6.07) is 11.2. The predicted molar refractivity (Wildman–Crippen MR) is 112 cm³/mol. The van der Waals surface area contributed by atoms with Gasteiger partial charge < -0.3 is 23.5 Å². The quantitative estimate of drug-likeness (QED) is 0.528. The second-order valence-electron chi connectivity index (χ2n) is 7.04. The van der Waals surface area contributed by atoms with E-state index in [9.17, 15) is 9.59 Å². The lowest BCUT2D eigenvalue weighted by molar-refractivity contribution is -0.151.